The van der Waals surface area contributed by atoms with Crippen LogP contribution >= 0.6 is 11.3 Å². The van der Waals surface area contributed by atoms with Crippen LogP contribution in [-0.4, -0.2) is 39.5 Å². The predicted octanol–water partition coefficient (Wildman–Crippen LogP) is 5.19. The van der Waals surface area contributed by atoms with Gasteiger partial charge < -0.3 is 4.90 Å². The summed E-state index contributed by atoms with van der Waals surface area (Å²) in [6.07, 6.45) is 9.02. The molecule has 2 aromatic rings. The van der Waals surface area contributed by atoms with Crippen molar-refractivity contribution in [3.63, 3.8) is 0 Å². The summed E-state index contributed by atoms with van der Waals surface area (Å²) in [7, 11) is 0. The number of carbonyl (C=O) groups excluding carboxylic acids is 2. The van der Waals surface area contributed by atoms with Crippen molar-refractivity contribution < 1.29 is 9.59 Å². The third-order valence-electron chi connectivity index (χ3n) is 5.57. The normalized spacial score (nSPS) is 16.1. The molecule has 1 aliphatic heterocycles. The molecule has 1 aromatic carbocycles. The van der Waals surface area contributed by atoms with E-state index in [1.807, 2.05) is 31.2 Å². The Kier molecular flexibility index (Phi) is 8.37. The van der Waals surface area contributed by atoms with E-state index in [0.29, 0.717) is 24.5 Å². The van der Waals surface area contributed by atoms with Crippen LogP contribution in [0.5, 0.6) is 0 Å². The van der Waals surface area contributed by atoms with Gasteiger partial charge in [0.15, 0.2) is 0 Å². The van der Waals surface area contributed by atoms with E-state index in [0.717, 1.165) is 29.8 Å². The lowest BCUT2D eigenvalue weighted by molar-refractivity contribution is -0.136. The number of hydrogen-bond donors (Lipinski definition) is 1. The second kappa shape index (κ2) is 11.2. The van der Waals surface area contributed by atoms with Gasteiger partial charge in [0.25, 0.3) is 0 Å². The number of amides is 2. The Morgan fingerprint density at radius 2 is 1.83 bits per heavy atom. The molecular formula is C23H32N4O2S. The molecule has 1 aromatic heterocycles. The van der Waals surface area contributed by atoms with E-state index in [2.05, 4.69) is 22.4 Å². The molecule has 162 valence electrons. The number of likely N-dealkylation sites (tertiary alicyclic amines) is 1. The highest BCUT2D eigenvalue weighted by Crippen LogP contribution is 2.27. The molecule has 1 saturated heterocycles. The predicted molar refractivity (Wildman–Crippen MR) is 121 cm³/mol. The molecule has 1 fully saturated rings. The van der Waals surface area contributed by atoms with Crippen LogP contribution in [0.2, 0.25) is 0 Å². The molecule has 1 atom stereocenters. The SMILES string of the molecule is CCCCCCCCC(=O)N1CCCC1C(=O)Nc1nnc(-c2ccc(C)cc2)s1. The standard InChI is InChI=1S/C23H32N4O2S/c1-3-4-5-6-7-8-11-20(28)27-16-9-10-19(27)21(29)24-23-26-25-22(30-23)18-14-12-17(2)13-15-18/h12-15,19H,3-11,16H2,1-2H3,(H,24,26,29). The summed E-state index contributed by atoms with van der Waals surface area (Å²) in [4.78, 5) is 27.2. The Bertz CT molecular complexity index is 834. The second-order valence-corrected chi connectivity index (χ2v) is 9.01. The van der Waals surface area contributed by atoms with Crippen molar-refractivity contribution in [3.05, 3.63) is 29.8 Å². The quantitative estimate of drug-likeness (QED) is 0.528. The minimum Gasteiger partial charge on any atom is -0.331 e. The third kappa shape index (κ3) is 6.11. The Balaban J connectivity index is 1.50. The summed E-state index contributed by atoms with van der Waals surface area (Å²) >= 11 is 1.35. The number of aromatic nitrogens is 2. The number of carbonyl (C=O) groups is 2. The van der Waals surface area contributed by atoms with E-state index in [1.165, 1.54) is 42.6 Å². The van der Waals surface area contributed by atoms with Crippen molar-refractivity contribution in [1.29, 1.82) is 0 Å². The maximum absolute atomic E-state index is 12.8. The zero-order valence-electron chi connectivity index (χ0n) is 18.0. The average molecular weight is 429 g/mol. The van der Waals surface area contributed by atoms with Crippen LogP contribution in [0, 0.1) is 6.92 Å². The summed E-state index contributed by atoms with van der Waals surface area (Å²) in [5, 5.41) is 12.4. The van der Waals surface area contributed by atoms with Crippen molar-refractivity contribution in [2.75, 3.05) is 11.9 Å². The number of nitrogens with zero attached hydrogens (tertiary/aromatic N) is 3. The van der Waals surface area contributed by atoms with Crippen LogP contribution in [-0.2, 0) is 9.59 Å². The van der Waals surface area contributed by atoms with E-state index < -0.39 is 6.04 Å². The molecule has 2 heterocycles. The highest BCUT2D eigenvalue weighted by Gasteiger charge is 2.34. The number of anilines is 1. The first-order valence-electron chi connectivity index (χ1n) is 11.1. The van der Waals surface area contributed by atoms with Gasteiger partial charge in [0.2, 0.25) is 16.9 Å². The van der Waals surface area contributed by atoms with Gasteiger partial charge in [-0.25, -0.2) is 0 Å². The molecule has 0 saturated carbocycles. The van der Waals surface area contributed by atoms with Crippen molar-refractivity contribution in [1.82, 2.24) is 15.1 Å². The Labute approximate surface area is 183 Å². The van der Waals surface area contributed by atoms with Gasteiger partial charge in [-0.3, -0.25) is 14.9 Å². The molecule has 0 aliphatic carbocycles. The van der Waals surface area contributed by atoms with Gasteiger partial charge in [-0.15, -0.1) is 10.2 Å². The van der Waals surface area contributed by atoms with Gasteiger partial charge in [-0.2, -0.15) is 0 Å². The number of hydrogen-bond acceptors (Lipinski definition) is 5. The largest absolute Gasteiger partial charge is 0.331 e. The first-order chi connectivity index (χ1) is 14.6. The molecule has 1 unspecified atom stereocenters. The van der Waals surface area contributed by atoms with Crippen molar-refractivity contribution in [3.8, 4) is 10.6 Å². The van der Waals surface area contributed by atoms with Gasteiger partial charge in [0, 0.05) is 18.5 Å². The Morgan fingerprint density at radius 3 is 2.60 bits per heavy atom. The van der Waals surface area contributed by atoms with Crippen LogP contribution in [0.3, 0.4) is 0 Å². The monoisotopic (exact) mass is 428 g/mol. The number of nitrogens with one attached hydrogen (secondary N) is 1. The third-order valence-corrected chi connectivity index (χ3v) is 6.46. The lowest BCUT2D eigenvalue weighted by Crippen LogP contribution is -2.43. The van der Waals surface area contributed by atoms with Crippen LogP contribution < -0.4 is 5.32 Å². The molecule has 0 bridgehead atoms. The molecule has 1 aliphatic rings. The van der Waals surface area contributed by atoms with Gasteiger partial charge in [-0.05, 0) is 26.2 Å². The number of aryl methyl sites for hydroxylation is 1. The topological polar surface area (TPSA) is 75.2 Å². The van der Waals surface area contributed by atoms with E-state index in [-0.39, 0.29) is 11.8 Å². The number of rotatable bonds is 10. The molecule has 0 radical (unpaired) electrons. The summed E-state index contributed by atoms with van der Waals surface area (Å²) in [5.41, 5.74) is 2.17. The minimum absolute atomic E-state index is 0.0979. The molecule has 3 rings (SSSR count). The summed E-state index contributed by atoms with van der Waals surface area (Å²) in [6.45, 7) is 4.90. The fourth-order valence-electron chi connectivity index (χ4n) is 3.81. The fourth-order valence-corrected chi connectivity index (χ4v) is 4.57. The van der Waals surface area contributed by atoms with Crippen molar-refractivity contribution in [2.45, 2.75) is 77.7 Å². The summed E-state index contributed by atoms with van der Waals surface area (Å²) < 4.78 is 0. The minimum atomic E-state index is -0.399. The first-order valence-corrected chi connectivity index (χ1v) is 11.9. The molecule has 0 spiro atoms. The molecule has 1 N–H and O–H groups in total. The van der Waals surface area contributed by atoms with E-state index >= 15 is 0 Å². The van der Waals surface area contributed by atoms with E-state index in [1.54, 1.807) is 4.90 Å². The van der Waals surface area contributed by atoms with E-state index in [4.69, 9.17) is 0 Å². The number of unbranched alkanes of at least 4 members (excludes halogenated alkanes) is 5. The highest BCUT2D eigenvalue weighted by molar-refractivity contribution is 7.18. The van der Waals surface area contributed by atoms with Gasteiger partial charge in [0.1, 0.15) is 11.0 Å². The number of benzene rings is 1. The molecule has 2 amide bonds. The molecular weight excluding hydrogens is 396 g/mol. The average Bonchev–Trinajstić information content (AvgIpc) is 3.41. The molecule has 6 nitrogen and oxygen atoms in total. The van der Waals surface area contributed by atoms with Crippen LogP contribution in [0.25, 0.3) is 10.6 Å². The first kappa shape index (κ1) is 22.4. The molecule has 30 heavy (non-hydrogen) atoms. The highest BCUT2D eigenvalue weighted by atomic mass is 32.1. The van der Waals surface area contributed by atoms with Gasteiger partial charge in [-0.1, -0.05) is 80.2 Å². The maximum Gasteiger partial charge on any atom is 0.249 e. The van der Waals surface area contributed by atoms with Crippen LogP contribution in [0.4, 0.5) is 5.13 Å². The zero-order valence-corrected chi connectivity index (χ0v) is 18.8. The van der Waals surface area contributed by atoms with Gasteiger partial charge in [0.05, 0.1) is 0 Å². The van der Waals surface area contributed by atoms with Crippen molar-refractivity contribution >= 4 is 28.3 Å². The zero-order chi connectivity index (χ0) is 21.3. The van der Waals surface area contributed by atoms with Crippen LogP contribution in [0.1, 0.15) is 70.3 Å². The van der Waals surface area contributed by atoms with Gasteiger partial charge >= 0.3 is 0 Å². The fraction of sp³-hybridized carbons (Fsp3) is 0.565. The smallest absolute Gasteiger partial charge is 0.249 e. The summed E-state index contributed by atoms with van der Waals surface area (Å²) in [5.74, 6) is -0.0591. The van der Waals surface area contributed by atoms with Crippen molar-refractivity contribution in [2.24, 2.45) is 0 Å². The second-order valence-electron chi connectivity index (χ2n) is 8.03. The summed E-state index contributed by atoms with van der Waals surface area (Å²) in [6, 6.07) is 7.66. The lowest BCUT2D eigenvalue weighted by Gasteiger charge is -2.23. The molecule has 7 heteroatoms. The Hall–Kier alpha value is -2.28. The maximum atomic E-state index is 12.8. The van der Waals surface area contributed by atoms with E-state index in [9.17, 15) is 9.59 Å². The van der Waals surface area contributed by atoms with Crippen LogP contribution in [0.15, 0.2) is 24.3 Å². The lowest BCUT2D eigenvalue weighted by atomic mass is 10.1. The Morgan fingerprint density at radius 1 is 1.10 bits per heavy atom.